The largest absolute Gasteiger partial charge is 0.368 e. The van der Waals surface area contributed by atoms with Gasteiger partial charge in [0, 0.05) is 24.8 Å². The van der Waals surface area contributed by atoms with Crippen LogP contribution in [0.25, 0.3) is 0 Å². The summed E-state index contributed by atoms with van der Waals surface area (Å²) < 4.78 is 0. The van der Waals surface area contributed by atoms with Gasteiger partial charge in [0.1, 0.15) is 5.82 Å². The highest BCUT2D eigenvalue weighted by molar-refractivity contribution is 5.99. The predicted molar refractivity (Wildman–Crippen MR) is 71.7 cm³/mol. The summed E-state index contributed by atoms with van der Waals surface area (Å²) >= 11 is 0. The summed E-state index contributed by atoms with van der Waals surface area (Å²) in [6.45, 7) is 5.40. The third kappa shape index (κ3) is 3.20. The van der Waals surface area contributed by atoms with Gasteiger partial charge in [-0.2, -0.15) is 0 Å². The Morgan fingerprint density at radius 3 is 2.78 bits per heavy atom. The highest BCUT2D eigenvalue weighted by Gasteiger charge is 2.19. The fraction of sp³-hybridized carbons (Fsp3) is 0.538. The molecule has 1 aromatic rings. The molecule has 0 radical (unpaired) electrons. The Morgan fingerprint density at radius 1 is 1.44 bits per heavy atom. The van der Waals surface area contributed by atoms with Gasteiger partial charge in [0.05, 0.1) is 5.56 Å². The van der Waals surface area contributed by atoms with Crippen LogP contribution in [0.15, 0.2) is 6.07 Å². The summed E-state index contributed by atoms with van der Waals surface area (Å²) in [5.74, 6) is 0.162. The highest BCUT2D eigenvalue weighted by Crippen LogP contribution is 2.19. The first-order valence-corrected chi connectivity index (χ1v) is 6.33. The van der Waals surface area contributed by atoms with Crippen LogP contribution in [0.3, 0.4) is 0 Å². The Bertz CT molecular complexity index is 455. The first kappa shape index (κ1) is 12.8. The van der Waals surface area contributed by atoms with E-state index in [1.54, 1.807) is 0 Å². The maximum atomic E-state index is 11.4. The highest BCUT2D eigenvalue weighted by atomic mass is 16.1. The van der Waals surface area contributed by atoms with Gasteiger partial charge in [0.15, 0.2) is 0 Å². The average Bonchev–Trinajstić information content (AvgIpc) is 3.06. The molecule has 5 heteroatoms. The molecule has 1 fully saturated rings. The number of aryl methyl sites for hydroxylation is 2. The Morgan fingerprint density at radius 2 is 2.17 bits per heavy atom. The molecule has 0 aliphatic heterocycles. The lowest BCUT2D eigenvalue weighted by atomic mass is 10.1. The Kier molecular flexibility index (Phi) is 3.81. The van der Waals surface area contributed by atoms with Gasteiger partial charge in [-0.15, -0.1) is 0 Å². The second-order valence-corrected chi connectivity index (χ2v) is 4.82. The van der Waals surface area contributed by atoms with Crippen LogP contribution in [0, 0.1) is 13.8 Å². The van der Waals surface area contributed by atoms with Gasteiger partial charge < -0.3 is 16.4 Å². The number of nitrogens with zero attached hydrogens (tertiary/aromatic N) is 1. The van der Waals surface area contributed by atoms with Crippen molar-refractivity contribution in [3.8, 4) is 0 Å². The summed E-state index contributed by atoms with van der Waals surface area (Å²) in [5.41, 5.74) is 7.64. The second-order valence-electron chi connectivity index (χ2n) is 4.82. The topological polar surface area (TPSA) is 80.0 Å². The number of carbonyl (C=O) groups is 1. The van der Waals surface area contributed by atoms with Crippen LogP contribution in [0.4, 0.5) is 5.82 Å². The minimum atomic E-state index is -0.433. The van der Waals surface area contributed by atoms with E-state index < -0.39 is 5.91 Å². The summed E-state index contributed by atoms with van der Waals surface area (Å²) in [6.07, 6.45) is 2.54. The first-order valence-electron chi connectivity index (χ1n) is 6.33. The van der Waals surface area contributed by atoms with Crippen molar-refractivity contribution in [1.82, 2.24) is 10.3 Å². The van der Waals surface area contributed by atoms with Crippen LogP contribution in [-0.2, 0) is 0 Å². The molecule has 0 unspecified atom stereocenters. The van der Waals surface area contributed by atoms with E-state index in [4.69, 9.17) is 5.73 Å². The number of hydrogen-bond acceptors (Lipinski definition) is 4. The van der Waals surface area contributed by atoms with Gasteiger partial charge in [0.25, 0.3) is 5.91 Å². The molecule has 4 N–H and O–H groups in total. The van der Waals surface area contributed by atoms with Crippen molar-refractivity contribution < 1.29 is 4.79 Å². The van der Waals surface area contributed by atoms with Crippen LogP contribution in [-0.4, -0.2) is 30.0 Å². The molecular formula is C13H20N4O. The van der Waals surface area contributed by atoms with E-state index in [2.05, 4.69) is 15.6 Å². The van der Waals surface area contributed by atoms with E-state index in [0.29, 0.717) is 17.4 Å². The summed E-state index contributed by atoms with van der Waals surface area (Å²) in [5, 5.41) is 6.58. The van der Waals surface area contributed by atoms with Gasteiger partial charge >= 0.3 is 0 Å². The van der Waals surface area contributed by atoms with E-state index >= 15 is 0 Å². The Labute approximate surface area is 107 Å². The number of primary amides is 1. The van der Waals surface area contributed by atoms with E-state index in [1.165, 1.54) is 12.8 Å². The molecule has 98 valence electrons. The molecule has 1 saturated carbocycles. The molecule has 0 spiro atoms. The number of aromatic nitrogens is 1. The molecule has 5 nitrogen and oxygen atoms in total. The SMILES string of the molecule is Cc1cc(C)c(C(N)=O)c(NCCNC2CC2)n1. The predicted octanol–water partition coefficient (Wildman–Crippen LogP) is 0.961. The number of nitrogens with one attached hydrogen (secondary N) is 2. The van der Waals surface area contributed by atoms with Crippen molar-refractivity contribution in [3.05, 3.63) is 22.9 Å². The van der Waals surface area contributed by atoms with Crippen molar-refractivity contribution in [1.29, 1.82) is 0 Å². The van der Waals surface area contributed by atoms with Crippen molar-refractivity contribution in [2.45, 2.75) is 32.7 Å². The number of amides is 1. The monoisotopic (exact) mass is 248 g/mol. The lowest BCUT2D eigenvalue weighted by molar-refractivity contribution is 0.1000. The molecule has 1 aromatic heterocycles. The van der Waals surface area contributed by atoms with E-state index in [-0.39, 0.29) is 0 Å². The van der Waals surface area contributed by atoms with E-state index in [9.17, 15) is 4.79 Å². The Balaban J connectivity index is 2.02. The number of carbonyl (C=O) groups excluding carboxylic acids is 1. The standard InChI is InChI=1S/C13H20N4O/c1-8-7-9(2)17-13(11(8)12(14)18)16-6-5-15-10-3-4-10/h7,10,15H,3-6H2,1-2H3,(H2,14,18)(H,16,17). The molecule has 0 atom stereocenters. The second kappa shape index (κ2) is 5.35. The van der Waals surface area contributed by atoms with Crippen LogP contribution >= 0.6 is 0 Å². The third-order valence-electron chi connectivity index (χ3n) is 3.02. The summed E-state index contributed by atoms with van der Waals surface area (Å²) in [7, 11) is 0. The van der Waals surface area contributed by atoms with Gasteiger partial charge in [-0.25, -0.2) is 4.98 Å². The zero-order valence-corrected chi connectivity index (χ0v) is 10.9. The molecule has 1 aliphatic carbocycles. The summed E-state index contributed by atoms with van der Waals surface area (Å²) in [6, 6.07) is 2.56. The van der Waals surface area contributed by atoms with Gasteiger partial charge in [-0.3, -0.25) is 4.79 Å². The number of hydrogen-bond donors (Lipinski definition) is 3. The van der Waals surface area contributed by atoms with Gasteiger partial charge in [-0.1, -0.05) is 0 Å². The molecule has 1 aliphatic rings. The molecule has 1 heterocycles. The van der Waals surface area contributed by atoms with Gasteiger partial charge in [-0.05, 0) is 38.3 Å². The smallest absolute Gasteiger partial charge is 0.252 e. The lowest BCUT2D eigenvalue weighted by Gasteiger charge is -2.12. The maximum Gasteiger partial charge on any atom is 0.252 e. The average molecular weight is 248 g/mol. The number of pyridine rings is 1. The number of rotatable bonds is 6. The quantitative estimate of drug-likeness (QED) is 0.655. The van der Waals surface area contributed by atoms with Crippen molar-refractivity contribution in [3.63, 3.8) is 0 Å². The molecule has 18 heavy (non-hydrogen) atoms. The van der Waals surface area contributed by atoms with Gasteiger partial charge in [0.2, 0.25) is 0 Å². The lowest BCUT2D eigenvalue weighted by Crippen LogP contribution is -2.25. The zero-order valence-electron chi connectivity index (χ0n) is 10.9. The maximum absolute atomic E-state index is 11.4. The van der Waals surface area contributed by atoms with E-state index in [0.717, 1.165) is 24.3 Å². The molecule has 0 saturated heterocycles. The van der Waals surface area contributed by atoms with Crippen LogP contribution in [0.1, 0.15) is 34.5 Å². The molecular weight excluding hydrogens is 228 g/mol. The fourth-order valence-corrected chi connectivity index (χ4v) is 2.02. The number of nitrogens with two attached hydrogens (primary N) is 1. The van der Waals surface area contributed by atoms with Crippen LogP contribution in [0.5, 0.6) is 0 Å². The molecule has 0 aromatic carbocycles. The Hall–Kier alpha value is -1.62. The zero-order chi connectivity index (χ0) is 13.1. The minimum Gasteiger partial charge on any atom is -0.368 e. The summed E-state index contributed by atoms with van der Waals surface area (Å²) in [4.78, 5) is 15.8. The van der Waals surface area contributed by atoms with E-state index in [1.807, 2.05) is 19.9 Å². The van der Waals surface area contributed by atoms with Crippen LogP contribution < -0.4 is 16.4 Å². The molecule has 0 bridgehead atoms. The minimum absolute atomic E-state index is 0.433. The first-order chi connectivity index (χ1) is 8.58. The van der Waals surface area contributed by atoms with Crippen molar-refractivity contribution in [2.75, 3.05) is 18.4 Å². The van der Waals surface area contributed by atoms with Crippen LogP contribution in [0.2, 0.25) is 0 Å². The fourth-order valence-electron chi connectivity index (χ4n) is 2.02. The van der Waals surface area contributed by atoms with Crippen molar-refractivity contribution >= 4 is 11.7 Å². The molecule has 1 amide bonds. The molecule has 2 rings (SSSR count). The normalized spacial score (nSPS) is 14.6. The third-order valence-corrected chi connectivity index (χ3v) is 3.02. The number of anilines is 1. The van der Waals surface area contributed by atoms with Crippen molar-refractivity contribution in [2.24, 2.45) is 5.73 Å².